The van der Waals surface area contributed by atoms with E-state index in [-0.39, 0.29) is 17.6 Å². The Morgan fingerprint density at radius 1 is 0.667 bits per heavy atom. The Bertz CT molecular complexity index is 1180. The van der Waals surface area contributed by atoms with Crippen molar-refractivity contribution in [3.63, 3.8) is 0 Å². The van der Waals surface area contributed by atoms with Crippen LogP contribution in [0.2, 0.25) is 0 Å². The highest BCUT2D eigenvalue weighted by molar-refractivity contribution is 7.97. The number of hydrogen-bond acceptors (Lipinski definition) is 3. The highest BCUT2D eigenvalue weighted by atomic mass is 31.2. The quantitative estimate of drug-likeness (QED) is 0.187. The molecule has 0 radical (unpaired) electrons. The average molecular weight is 454 g/mol. The highest BCUT2D eigenvalue weighted by Crippen LogP contribution is 2.46. The topological polar surface area (TPSA) is 47.3 Å². The molecule has 0 saturated carbocycles. The standard InChI is InChI=1S/C28H25NO3P/c1-32-28(31)27(26(30)22-29-20-12-5-13-21-29)33(23-14-6-2-7-15-23,24-16-8-3-9-17-24)25-18-10-4-11-19-25/h2-21H,22H2,1H3/q+1. The molecule has 1 aromatic heterocycles. The van der Waals surface area contributed by atoms with Gasteiger partial charge < -0.3 is 4.74 Å². The molecule has 0 aliphatic carbocycles. The van der Waals surface area contributed by atoms with E-state index in [2.05, 4.69) is 0 Å². The molecule has 0 saturated heterocycles. The lowest BCUT2D eigenvalue weighted by molar-refractivity contribution is -0.683. The van der Waals surface area contributed by atoms with E-state index in [0.717, 1.165) is 15.9 Å². The van der Waals surface area contributed by atoms with Gasteiger partial charge in [-0.2, -0.15) is 4.57 Å². The summed E-state index contributed by atoms with van der Waals surface area (Å²) in [5, 5.41) is 2.96. The summed E-state index contributed by atoms with van der Waals surface area (Å²) in [5.41, 5.74) is 0. The maximum Gasteiger partial charge on any atom is 0.342 e. The second-order valence-electron chi connectivity index (χ2n) is 7.49. The van der Waals surface area contributed by atoms with E-state index in [1.165, 1.54) is 7.11 Å². The van der Waals surface area contributed by atoms with Crippen molar-refractivity contribution >= 4 is 39.8 Å². The van der Waals surface area contributed by atoms with Crippen LogP contribution in [0, 0.1) is 0 Å². The van der Waals surface area contributed by atoms with E-state index in [9.17, 15) is 9.59 Å². The molecule has 0 fully saturated rings. The number of Topliss-reactive ketones (excluding diaryl/α,β-unsaturated/α-hetero) is 1. The Balaban J connectivity index is 2.16. The number of rotatable bonds is 7. The molecule has 0 bridgehead atoms. The van der Waals surface area contributed by atoms with Crippen molar-refractivity contribution in [2.75, 3.05) is 7.11 Å². The van der Waals surface area contributed by atoms with Gasteiger partial charge in [0.2, 0.25) is 12.3 Å². The van der Waals surface area contributed by atoms with Gasteiger partial charge >= 0.3 is 5.97 Å². The predicted octanol–water partition coefficient (Wildman–Crippen LogP) is 2.88. The molecule has 0 unspecified atom stereocenters. The SMILES string of the molecule is COC(=O)C(C(=O)C[n+]1ccccc1)=P(c1ccccc1)(c1ccccc1)c1ccccc1. The lowest BCUT2D eigenvalue weighted by atomic mass is 10.2. The molecular formula is C28H25NO3P+. The van der Waals surface area contributed by atoms with Gasteiger partial charge in [0.25, 0.3) is 0 Å². The minimum absolute atomic E-state index is 0.0412. The van der Waals surface area contributed by atoms with E-state index >= 15 is 0 Å². The number of hydrogen-bond donors (Lipinski definition) is 0. The third kappa shape index (κ3) is 4.44. The summed E-state index contributed by atoms with van der Waals surface area (Å²) in [6.45, 7) is -2.81. The number of esters is 1. The zero-order valence-corrected chi connectivity index (χ0v) is 19.3. The van der Waals surface area contributed by atoms with Gasteiger partial charge in [0.05, 0.1) is 7.11 Å². The van der Waals surface area contributed by atoms with E-state index in [4.69, 9.17) is 4.74 Å². The summed E-state index contributed by atoms with van der Waals surface area (Å²) in [6.07, 6.45) is 3.64. The minimum atomic E-state index is -2.85. The summed E-state index contributed by atoms with van der Waals surface area (Å²) in [5.74, 6) is -0.857. The maximum absolute atomic E-state index is 13.9. The summed E-state index contributed by atoms with van der Waals surface area (Å²) >= 11 is 0. The fraction of sp³-hybridized carbons (Fsp3) is 0.0714. The molecule has 4 rings (SSSR count). The number of pyridine rings is 1. The molecule has 4 nitrogen and oxygen atoms in total. The largest absolute Gasteiger partial charge is 0.465 e. The van der Waals surface area contributed by atoms with Crippen LogP contribution in [0.1, 0.15) is 0 Å². The first-order chi connectivity index (χ1) is 16.2. The molecule has 0 N–H and O–H groups in total. The van der Waals surface area contributed by atoms with Gasteiger partial charge in [-0.25, -0.2) is 4.79 Å². The molecule has 0 atom stereocenters. The highest BCUT2D eigenvalue weighted by Gasteiger charge is 2.38. The van der Waals surface area contributed by atoms with Crippen LogP contribution in [0.4, 0.5) is 0 Å². The third-order valence-electron chi connectivity index (χ3n) is 5.51. The summed E-state index contributed by atoms with van der Waals surface area (Å²) in [7, 11) is 1.33. The Morgan fingerprint density at radius 3 is 1.45 bits per heavy atom. The van der Waals surface area contributed by atoms with Crippen LogP contribution in [0.3, 0.4) is 0 Å². The number of carbonyl (C=O) groups is 2. The van der Waals surface area contributed by atoms with E-state index in [1.807, 2.05) is 122 Å². The Labute approximate surface area is 194 Å². The molecule has 164 valence electrons. The second-order valence-corrected chi connectivity index (χ2v) is 10.8. The zero-order valence-electron chi connectivity index (χ0n) is 18.4. The number of ether oxygens (including phenoxy) is 1. The average Bonchev–Trinajstić information content (AvgIpc) is 2.89. The molecule has 5 heteroatoms. The van der Waals surface area contributed by atoms with Crippen LogP contribution in [0.25, 0.3) is 0 Å². The van der Waals surface area contributed by atoms with Gasteiger partial charge in [-0.3, -0.25) is 4.79 Å². The Hall–Kier alpha value is -3.75. The second kappa shape index (κ2) is 10.2. The van der Waals surface area contributed by atoms with Gasteiger partial charge in [0, 0.05) is 12.1 Å². The molecule has 33 heavy (non-hydrogen) atoms. The number of methoxy groups -OCH3 is 1. The van der Waals surface area contributed by atoms with Gasteiger partial charge in [-0.05, 0) is 22.8 Å². The van der Waals surface area contributed by atoms with Crippen molar-refractivity contribution < 1.29 is 18.9 Å². The Morgan fingerprint density at radius 2 is 1.06 bits per heavy atom. The molecular weight excluding hydrogens is 429 g/mol. The number of benzene rings is 3. The molecule has 0 spiro atoms. The van der Waals surface area contributed by atoms with Crippen molar-refractivity contribution in [1.29, 1.82) is 0 Å². The summed E-state index contributed by atoms with van der Waals surface area (Å²) in [6, 6.07) is 35.1. The van der Waals surface area contributed by atoms with Gasteiger partial charge in [0.15, 0.2) is 12.4 Å². The molecule has 1 heterocycles. The molecule has 4 aromatic rings. The monoisotopic (exact) mass is 454 g/mol. The van der Waals surface area contributed by atoms with Crippen LogP contribution in [-0.2, 0) is 20.9 Å². The van der Waals surface area contributed by atoms with Gasteiger partial charge in [-0.15, -0.1) is 0 Å². The van der Waals surface area contributed by atoms with Gasteiger partial charge in [0.1, 0.15) is 5.29 Å². The maximum atomic E-state index is 13.9. The van der Waals surface area contributed by atoms with Gasteiger partial charge in [-0.1, -0.05) is 97.1 Å². The molecule has 0 amide bonds. The van der Waals surface area contributed by atoms with Crippen LogP contribution >= 0.6 is 6.89 Å². The lowest BCUT2D eigenvalue weighted by Gasteiger charge is -2.31. The van der Waals surface area contributed by atoms with Crippen LogP contribution < -0.4 is 20.5 Å². The van der Waals surface area contributed by atoms with Crippen molar-refractivity contribution in [2.24, 2.45) is 0 Å². The van der Waals surface area contributed by atoms with E-state index in [1.54, 1.807) is 4.57 Å². The first kappa shape index (κ1) is 22.4. The molecule has 3 aromatic carbocycles. The number of carbonyl (C=O) groups excluding carboxylic acids is 2. The molecule has 0 aliphatic rings. The molecule has 0 aliphatic heterocycles. The van der Waals surface area contributed by atoms with Crippen molar-refractivity contribution in [3.8, 4) is 0 Å². The number of aromatic nitrogens is 1. The van der Waals surface area contributed by atoms with Crippen LogP contribution in [0.5, 0.6) is 0 Å². The van der Waals surface area contributed by atoms with Crippen LogP contribution in [0.15, 0.2) is 122 Å². The third-order valence-corrected chi connectivity index (χ3v) is 9.83. The number of ketones is 1. The smallest absolute Gasteiger partial charge is 0.342 e. The van der Waals surface area contributed by atoms with E-state index in [0.29, 0.717) is 0 Å². The Kier molecular flexibility index (Phi) is 6.97. The predicted molar refractivity (Wildman–Crippen MR) is 134 cm³/mol. The first-order valence-corrected chi connectivity index (χ1v) is 12.5. The van der Waals surface area contributed by atoms with E-state index < -0.39 is 12.9 Å². The van der Waals surface area contributed by atoms with Crippen molar-refractivity contribution in [3.05, 3.63) is 122 Å². The fourth-order valence-corrected chi connectivity index (χ4v) is 8.44. The summed E-state index contributed by atoms with van der Waals surface area (Å²) < 4.78 is 7.04. The van der Waals surface area contributed by atoms with Crippen molar-refractivity contribution in [1.82, 2.24) is 0 Å². The van der Waals surface area contributed by atoms with Crippen molar-refractivity contribution in [2.45, 2.75) is 6.54 Å². The number of nitrogens with zero attached hydrogens (tertiary/aromatic N) is 1. The summed E-state index contributed by atoms with van der Waals surface area (Å²) in [4.78, 5) is 27.4. The van der Waals surface area contributed by atoms with Crippen LogP contribution in [-0.4, -0.2) is 24.2 Å². The first-order valence-electron chi connectivity index (χ1n) is 10.7. The lowest BCUT2D eigenvalue weighted by Crippen LogP contribution is -2.45. The fourth-order valence-electron chi connectivity index (χ4n) is 4.10. The zero-order chi connectivity index (χ0) is 23.1. The minimum Gasteiger partial charge on any atom is -0.465 e. The normalized spacial score (nSPS) is 10.9.